The normalized spacial score (nSPS) is 31.9. The topological polar surface area (TPSA) is 41.1 Å². The summed E-state index contributed by atoms with van der Waals surface area (Å²) in [5, 5.41) is 6.76. The van der Waals surface area contributed by atoms with E-state index >= 15 is 0 Å². The van der Waals surface area contributed by atoms with Gasteiger partial charge in [-0.25, -0.2) is 0 Å². The van der Waals surface area contributed by atoms with Crippen molar-refractivity contribution in [3.63, 3.8) is 0 Å². The number of nitrogens with one attached hydrogen (secondary N) is 2. The molecule has 0 aromatic rings. The Morgan fingerprint density at radius 3 is 2.28 bits per heavy atom. The van der Waals surface area contributed by atoms with E-state index in [0.29, 0.717) is 6.04 Å². The molecular formula is C14H25ClN2O. The number of carbonyl (C=O) groups is 1. The number of hydrogen-bond acceptors (Lipinski definition) is 2. The molecule has 0 radical (unpaired) electrons. The molecule has 0 spiro atoms. The van der Waals surface area contributed by atoms with Gasteiger partial charge in [-0.2, -0.15) is 0 Å². The van der Waals surface area contributed by atoms with Gasteiger partial charge in [0.05, 0.1) is 5.54 Å². The molecule has 0 aromatic heterocycles. The van der Waals surface area contributed by atoms with Crippen LogP contribution >= 0.6 is 12.4 Å². The Morgan fingerprint density at radius 2 is 1.83 bits per heavy atom. The van der Waals surface area contributed by atoms with Gasteiger partial charge in [-0.1, -0.05) is 0 Å². The Morgan fingerprint density at radius 1 is 1.22 bits per heavy atom. The van der Waals surface area contributed by atoms with Crippen LogP contribution in [-0.2, 0) is 4.79 Å². The number of amides is 1. The lowest BCUT2D eigenvalue weighted by Gasteiger charge is -2.35. The quantitative estimate of drug-likeness (QED) is 0.824. The summed E-state index contributed by atoms with van der Waals surface area (Å²) < 4.78 is 0. The minimum absolute atomic E-state index is 0. The number of hydrogen-bond donors (Lipinski definition) is 2. The van der Waals surface area contributed by atoms with Gasteiger partial charge >= 0.3 is 0 Å². The highest BCUT2D eigenvalue weighted by atomic mass is 35.5. The summed E-state index contributed by atoms with van der Waals surface area (Å²) in [6, 6.07) is 0.489. The van der Waals surface area contributed by atoms with Gasteiger partial charge in [0.25, 0.3) is 0 Å². The number of halogens is 1. The standard InChI is InChI=1S/C14H24N2O.ClH/c1-14(8-2-3-9-15-14)13(17)16-12(10-4-5-10)11-6-7-11;/h10-12,15H,2-9H2,1H3,(H,16,17);1H. The molecule has 2 saturated carbocycles. The van der Waals surface area contributed by atoms with Crippen LogP contribution in [0.15, 0.2) is 0 Å². The second kappa shape index (κ2) is 5.38. The van der Waals surface area contributed by atoms with Crippen LogP contribution in [0.25, 0.3) is 0 Å². The molecule has 3 rings (SSSR count). The maximum Gasteiger partial charge on any atom is 0.240 e. The lowest BCUT2D eigenvalue weighted by Crippen LogP contribution is -2.59. The van der Waals surface area contributed by atoms with E-state index in [1.807, 2.05) is 0 Å². The molecule has 2 aliphatic carbocycles. The van der Waals surface area contributed by atoms with Crippen LogP contribution in [0.1, 0.15) is 51.9 Å². The third kappa shape index (κ3) is 3.00. The molecule has 1 aliphatic heterocycles. The maximum atomic E-state index is 12.4. The number of rotatable bonds is 4. The Labute approximate surface area is 116 Å². The Balaban J connectivity index is 0.00000120. The molecule has 3 nitrogen and oxygen atoms in total. The van der Waals surface area contributed by atoms with Gasteiger partial charge in [-0.15, -0.1) is 12.4 Å². The van der Waals surface area contributed by atoms with Gasteiger partial charge in [0.15, 0.2) is 0 Å². The third-order valence-corrected chi connectivity index (χ3v) is 4.68. The van der Waals surface area contributed by atoms with Gasteiger partial charge in [-0.3, -0.25) is 4.79 Å². The van der Waals surface area contributed by atoms with Crippen LogP contribution in [0.4, 0.5) is 0 Å². The zero-order valence-corrected chi connectivity index (χ0v) is 12.0. The molecule has 1 amide bonds. The monoisotopic (exact) mass is 272 g/mol. The second-order valence-corrected chi connectivity index (χ2v) is 6.39. The van der Waals surface area contributed by atoms with Gasteiger partial charge in [0.1, 0.15) is 0 Å². The lowest BCUT2D eigenvalue weighted by atomic mass is 9.89. The van der Waals surface area contributed by atoms with Crippen molar-refractivity contribution in [3.05, 3.63) is 0 Å². The van der Waals surface area contributed by atoms with E-state index in [1.165, 1.54) is 38.5 Å². The average Bonchev–Trinajstić information content (AvgIpc) is 3.17. The first-order chi connectivity index (χ1) is 8.19. The van der Waals surface area contributed by atoms with Crippen LogP contribution in [0, 0.1) is 11.8 Å². The predicted octanol–water partition coefficient (Wildman–Crippen LogP) is 2.25. The second-order valence-electron chi connectivity index (χ2n) is 6.39. The molecule has 104 valence electrons. The molecular weight excluding hydrogens is 248 g/mol. The third-order valence-electron chi connectivity index (χ3n) is 4.68. The Kier molecular flexibility index (Phi) is 4.22. The van der Waals surface area contributed by atoms with E-state index in [4.69, 9.17) is 0 Å². The van der Waals surface area contributed by atoms with Crippen LogP contribution in [-0.4, -0.2) is 24.0 Å². The fraction of sp³-hybridized carbons (Fsp3) is 0.929. The molecule has 1 unspecified atom stereocenters. The molecule has 0 aromatic carbocycles. The van der Waals surface area contributed by atoms with E-state index in [0.717, 1.165) is 24.8 Å². The van der Waals surface area contributed by atoms with E-state index in [1.54, 1.807) is 0 Å². The van der Waals surface area contributed by atoms with Crippen molar-refractivity contribution >= 4 is 18.3 Å². The van der Waals surface area contributed by atoms with Crippen LogP contribution < -0.4 is 10.6 Å². The molecule has 4 heteroatoms. The van der Waals surface area contributed by atoms with Gasteiger partial charge < -0.3 is 10.6 Å². The summed E-state index contributed by atoms with van der Waals surface area (Å²) in [6.45, 7) is 3.06. The predicted molar refractivity (Wildman–Crippen MR) is 74.9 cm³/mol. The van der Waals surface area contributed by atoms with E-state index < -0.39 is 0 Å². The van der Waals surface area contributed by atoms with Gasteiger partial charge in [0.2, 0.25) is 5.91 Å². The summed E-state index contributed by atoms with van der Waals surface area (Å²) in [7, 11) is 0. The van der Waals surface area contributed by atoms with Crippen molar-refractivity contribution in [2.24, 2.45) is 11.8 Å². The molecule has 1 heterocycles. The lowest BCUT2D eigenvalue weighted by molar-refractivity contribution is -0.129. The SMILES string of the molecule is CC1(C(=O)NC(C2CC2)C2CC2)CCCCN1.Cl. The maximum absolute atomic E-state index is 12.4. The van der Waals surface area contributed by atoms with Crippen molar-refractivity contribution in [3.8, 4) is 0 Å². The highest BCUT2D eigenvalue weighted by Gasteiger charge is 2.44. The Bertz CT molecular complexity index is 295. The summed E-state index contributed by atoms with van der Waals surface area (Å²) in [5.74, 6) is 1.83. The summed E-state index contributed by atoms with van der Waals surface area (Å²) in [5.41, 5.74) is -0.305. The van der Waals surface area contributed by atoms with Crippen molar-refractivity contribution < 1.29 is 4.79 Å². The zero-order chi connectivity index (χ0) is 11.9. The zero-order valence-electron chi connectivity index (χ0n) is 11.2. The first-order valence-corrected chi connectivity index (χ1v) is 7.25. The number of carbonyl (C=O) groups excluding carboxylic acids is 1. The van der Waals surface area contributed by atoms with E-state index in [2.05, 4.69) is 17.6 Å². The summed E-state index contributed by atoms with van der Waals surface area (Å²) >= 11 is 0. The fourth-order valence-electron chi connectivity index (χ4n) is 3.09. The smallest absolute Gasteiger partial charge is 0.240 e. The summed E-state index contributed by atoms with van der Waals surface area (Å²) in [6.07, 6.45) is 8.67. The highest BCUT2D eigenvalue weighted by Crippen LogP contribution is 2.44. The first-order valence-electron chi connectivity index (χ1n) is 7.25. The largest absolute Gasteiger partial charge is 0.351 e. The van der Waals surface area contributed by atoms with E-state index in [-0.39, 0.29) is 23.9 Å². The molecule has 3 aliphatic rings. The molecule has 1 saturated heterocycles. The van der Waals surface area contributed by atoms with Gasteiger partial charge in [-0.05, 0) is 70.3 Å². The minimum atomic E-state index is -0.305. The summed E-state index contributed by atoms with van der Waals surface area (Å²) in [4.78, 5) is 12.4. The fourth-order valence-corrected chi connectivity index (χ4v) is 3.09. The highest BCUT2D eigenvalue weighted by molar-refractivity contribution is 5.86. The van der Waals surface area contributed by atoms with Crippen molar-refractivity contribution in [1.29, 1.82) is 0 Å². The van der Waals surface area contributed by atoms with E-state index in [9.17, 15) is 4.79 Å². The average molecular weight is 273 g/mol. The molecule has 1 atom stereocenters. The van der Waals surface area contributed by atoms with Crippen molar-refractivity contribution in [2.75, 3.05) is 6.54 Å². The molecule has 0 bridgehead atoms. The van der Waals surface area contributed by atoms with Gasteiger partial charge in [0, 0.05) is 6.04 Å². The molecule has 18 heavy (non-hydrogen) atoms. The van der Waals surface area contributed by atoms with Crippen molar-refractivity contribution in [1.82, 2.24) is 10.6 Å². The minimum Gasteiger partial charge on any atom is -0.351 e. The molecule has 3 fully saturated rings. The van der Waals surface area contributed by atoms with Crippen LogP contribution in [0.2, 0.25) is 0 Å². The van der Waals surface area contributed by atoms with Crippen molar-refractivity contribution in [2.45, 2.75) is 63.5 Å². The molecule has 2 N–H and O–H groups in total. The van der Waals surface area contributed by atoms with Crippen LogP contribution in [0.5, 0.6) is 0 Å². The Hall–Kier alpha value is -0.280. The first kappa shape index (κ1) is 14.1. The number of piperidine rings is 1. The van der Waals surface area contributed by atoms with Crippen LogP contribution in [0.3, 0.4) is 0 Å².